The molecule has 0 unspecified atom stereocenters. The Bertz CT molecular complexity index is 802. The van der Waals surface area contributed by atoms with Crippen molar-refractivity contribution >= 4 is 29.8 Å². The van der Waals surface area contributed by atoms with E-state index in [0.29, 0.717) is 6.54 Å². The molecule has 3 rings (SSSR count). The molecule has 0 saturated carbocycles. The smallest absolute Gasteiger partial charge is 0.251 e. The standard InChI is InChI=1S/C19H20N2O3S/c1-13-17(14(2)24-20-13)12-19-21(10-11-25-19)18(22)9-6-15-4-7-16(23-3)8-5-15/h4-9,12H,10-11H2,1-3H3/b9-6+,19-12+. The fourth-order valence-electron chi connectivity index (χ4n) is 2.56. The molecular formula is C19H20N2O3S. The fourth-order valence-corrected chi connectivity index (χ4v) is 3.58. The highest BCUT2D eigenvalue weighted by Crippen LogP contribution is 2.31. The number of thioether (sulfide) groups is 1. The van der Waals surface area contributed by atoms with Gasteiger partial charge in [0.2, 0.25) is 0 Å². The molecule has 1 aromatic heterocycles. The zero-order chi connectivity index (χ0) is 17.8. The number of methoxy groups -OCH3 is 1. The van der Waals surface area contributed by atoms with E-state index >= 15 is 0 Å². The number of aromatic nitrogens is 1. The number of aryl methyl sites for hydroxylation is 2. The van der Waals surface area contributed by atoms with E-state index in [1.807, 2.05) is 50.3 Å². The maximum atomic E-state index is 12.6. The highest BCUT2D eigenvalue weighted by Gasteiger charge is 2.23. The van der Waals surface area contributed by atoms with Crippen LogP contribution in [0.25, 0.3) is 12.2 Å². The molecule has 0 N–H and O–H groups in total. The lowest BCUT2D eigenvalue weighted by Gasteiger charge is -2.14. The van der Waals surface area contributed by atoms with Gasteiger partial charge in [-0.15, -0.1) is 11.8 Å². The van der Waals surface area contributed by atoms with Gasteiger partial charge in [0.1, 0.15) is 11.5 Å². The quantitative estimate of drug-likeness (QED) is 0.778. The maximum absolute atomic E-state index is 12.6. The molecule has 5 nitrogen and oxygen atoms in total. The molecule has 0 radical (unpaired) electrons. The highest BCUT2D eigenvalue weighted by atomic mass is 32.2. The van der Waals surface area contributed by atoms with Crippen molar-refractivity contribution in [2.24, 2.45) is 0 Å². The van der Waals surface area contributed by atoms with E-state index in [9.17, 15) is 4.79 Å². The second-order valence-corrected chi connectivity index (χ2v) is 6.78. The van der Waals surface area contributed by atoms with Crippen molar-refractivity contribution in [2.45, 2.75) is 13.8 Å². The Morgan fingerprint density at radius 1 is 1.32 bits per heavy atom. The molecule has 1 aliphatic heterocycles. The second kappa shape index (κ2) is 7.61. The van der Waals surface area contributed by atoms with Crippen molar-refractivity contribution < 1.29 is 14.1 Å². The Kier molecular flexibility index (Phi) is 5.28. The first kappa shape index (κ1) is 17.4. The van der Waals surface area contributed by atoms with Gasteiger partial charge in [0.25, 0.3) is 5.91 Å². The van der Waals surface area contributed by atoms with Crippen LogP contribution in [0.2, 0.25) is 0 Å². The summed E-state index contributed by atoms with van der Waals surface area (Å²) < 4.78 is 10.3. The van der Waals surface area contributed by atoms with Crippen LogP contribution in [0.4, 0.5) is 0 Å². The Morgan fingerprint density at radius 2 is 2.08 bits per heavy atom. The predicted octanol–water partition coefficient (Wildman–Crippen LogP) is 3.89. The summed E-state index contributed by atoms with van der Waals surface area (Å²) >= 11 is 1.67. The van der Waals surface area contributed by atoms with Crippen molar-refractivity contribution in [3.05, 3.63) is 58.0 Å². The van der Waals surface area contributed by atoms with Crippen LogP contribution in [0.15, 0.2) is 39.9 Å². The number of hydrogen-bond donors (Lipinski definition) is 0. The molecule has 1 aliphatic rings. The van der Waals surface area contributed by atoms with Crippen molar-refractivity contribution in [2.75, 3.05) is 19.4 Å². The van der Waals surface area contributed by atoms with Gasteiger partial charge < -0.3 is 14.2 Å². The van der Waals surface area contributed by atoms with Gasteiger partial charge in [-0.3, -0.25) is 4.79 Å². The average molecular weight is 356 g/mol. The lowest BCUT2D eigenvalue weighted by molar-refractivity contribution is -0.123. The SMILES string of the molecule is COc1ccc(/C=C/C(=O)N2CCS/C2=C/c2c(C)noc2C)cc1. The monoisotopic (exact) mass is 356 g/mol. The number of rotatable bonds is 4. The number of carbonyl (C=O) groups is 1. The number of hydrogen-bond acceptors (Lipinski definition) is 5. The summed E-state index contributed by atoms with van der Waals surface area (Å²) in [6.45, 7) is 4.48. The normalized spacial score (nSPS) is 16.1. The third kappa shape index (κ3) is 3.96. The first-order chi connectivity index (χ1) is 12.1. The van der Waals surface area contributed by atoms with E-state index in [1.165, 1.54) is 0 Å². The molecule has 25 heavy (non-hydrogen) atoms. The maximum Gasteiger partial charge on any atom is 0.251 e. The van der Waals surface area contributed by atoms with Gasteiger partial charge in [-0.05, 0) is 43.7 Å². The van der Waals surface area contributed by atoms with E-state index in [4.69, 9.17) is 9.26 Å². The molecule has 2 aromatic rings. The van der Waals surface area contributed by atoms with E-state index in [2.05, 4.69) is 5.16 Å². The lowest BCUT2D eigenvalue weighted by atomic mass is 10.2. The van der Waals surface area contributed by atoms with E-state index in [-0.39, 0.29) is 5.91 Å². The third-order valence-electron chi connectivity index (χ3n) is 3.99. The molecule has 0 atom stereocenters. The summed E-state index contributed by atoms with van der Waals surface area (Å²) in [5, 5.41) is 4.89. The lowest BCUT2D eigenvalue weighted by Crippen LogP contribution is -2.24. The van der Waals surface area contributed by atoms with Crippen LogP contribution in [0.5, 0.6) is 5.75 Å². The Hall–Kier alpha value is -2.47. The molecule has 0 spiro atoms. The molecule has 6 heteroatoms. The van der Waals surface area contributed by atoms with Crippen LogP contribution in [-0.4, -0.2) is 35.4 Å². The summed E-state index contributed by atoms with van der Waals surface area (Å²) in [5.41, 5.74) is 2.73. The van der Waals surface area contributed by atoms with Crippen LogP contribution >= 0.6 is 11.8 Å². The number of nitrogens with zero attached hydrogens (tertiary/aromatic N) is 2. The van der Waals surface area contributed by atoms with Crippen LogP contribution in [0.1, 0.15) is 22.6 Å². The van der Waals surface area contributed by atoms with Gasteiger partial charge >= 0.3 is 0 Å². The number of benzene rings is 1. The van der Waals surface area contributed by atoms with E-state index in [1.54, 1.807) is 29.8 Å². The molecule has 1 amide bonds. The topological polar surface area (TPSA) is 55.6 Å². The zero-order valence-corrected chi connectivity index (χ0v) is 15.3. The van der Waals surface area contributed by atoms with Gasteiger partial charge in [0.15, 0.2) is 0 Å². The summed E-state index contributed by atoms with van der Waals surface area (Å²) in [5.74, 6) is 2.42. The molecule has 0 bridgehead atoms. The second-order valence-electron chi connectivity index (χ2n) is 5.67. The number of ether oxygens (including phenoxy) is 1. The Labute approximate surface area is 151 Å². The predicted molar refractivity (Wildman–Crippen MR) is 100 cm³/mol. The molecular weight excluding hydrogens is 336 g/mol. The Balaban J connectivity index is 1.75. The first-order valence-corrected chi connectivity index (χ1v) is 8.98. The summed E-state index contributed by atoms with van der Waals surface area (Å²) in [6.07, 6.45) is 5.41. The van der Waals surface area contributed by atoms with Crippen LogP contribution in [0, 0.1) is 13.8 Å². The minimum atomic E-state index is -0.0289. The van der Waals surface area contributed by atoms with E-state index in [0.717, 1.165) is 39.1 Å². The summed E-state index contributed by atoms with van der Waals surface area (Å²) in [4.78, 5) is 14.4. The largest absolute Gasteiger partial charge is 0.497 e. The third-order valence-corrected chi connectivity index (χ3v) is 5.01. The van der Waals surface area contributed by atoms with Gasteiger partial charge in [-0.25, -0.2) is 0 Å². The van der Waals surface area contributed by atoms with Gasteiger partial charge in [0.05, 0.1) is 17.8 Å². The fraction of sp³-hybridized carbons (Fsp3) is 0.263. The number of amides is 1. The summed E-state index contributed by atoms with van der Waals surface area (Å²) in [7, 11) is 1.63. The first-order valence-electron chi connectivity index (χ1n) is 7.99. The van der Waals surface area contributed by atoms with Gasteiger partial charge in [-0.1, -0.05) is 17.3 Å². The van der Waals surface area contributed by atoms with E-state index < -0.39 is 0 Å². The average Bonchev–Trinajstić information content (AvgIpc) is 3.22. The van der Waals surface area contributed by atoms with Crippen LogP contribution in [0.3, 0.4) is 0 Å². The van der Waals surface area contributed by atoms with Crippen molar-refractivity contribution in [1.82, 2.24) is 10.1 Å². The van der Waals surface area contributed by atoms with Crippen LogP contribution in [-0.2, 0) is 4.79 Å². The molecule has 0 aliphatic carbocycles. The van der Waals surface area contributed by atoms with Crippen molar-refractivity contribution in [1.29, 1.82) is 0 Å². The summed E-state index contributed by atoms with van der Waals surface area (Å²) in [6, 6.07) is 7.58. The zero-order valence-electron chi connectivity index (χ0n) is 14.5. The van der Waals surface area contributed by atoms with Crippen LogP contribution < -0.4 is 4.74 Å². The molecule has 1 saturated heterocycles. The minimum Gasteiger partial charge on any atom is -0.497 e. The van der Waals surface area contributed by atoms with Crippen molar-refractivity contribution in [3.8, 4) is 5.75 Å². The number of carbonyl (C=O) groups excluding carboxylic acids is 1. The minimum absolute atomic E-state index is 0.0289. The van der Waals surface area contributed by atoms with Crippen molar-refractivity contribution in [3.63, 3.8) is 0 Å². The molecule has 2 heterocycles. The highest BCUT2D eigenvalue weighted by molar-refractivity contribution is 8.03. The van der Waals surface area contributed by atoms with Gasteiger partial charge in [0, 0.05) is 23.9 Å². The Morgan fingerprint density at radius 3 is 2.72 bits per heavy atom. The van der Waals surface area contributed by atoms with Gasteiger partial charge in [-0.2, -0.15) is 0 Å². The molecule has 1 aromatic carbocycles. The molecule has 1 fully saturated rings. The molecule has 130 valence electrons.